The Bertz CT molecular complexity index is 856. The van der Waals surface area contributed by atoms with Gasteiger partial charge in [0.05, 0.1) is 36.7 Å². The van der Waals surface area contributed by atoms with Gasteiger partial charge in [-0.25, -0.2) is 9.97 Å². The third-order valence-electron chi connectivity index (χ3n) is 4.35. The van der Waals surface area contributed by atoms with E-state index in [2.05, 4.69) is 20.2 Å². The number of aromatic nitrogens is 5. The molecule has 1 aliphatic rings. The van der Waals surface area contributed by atoms with E-state index in [9.17, 15) is 4.79 Å². The monoisotopic (exact) mass is 338 g/mol. The highest BCUT2D eigenvalue weighted by atomic mass is 16.5. The predicted octanol–water partition coefficient (Wildman–Crippen LogP) is 1.51. The van der Waals surface area contributed by atoms with Crippen molar-refractivity contribution in [3.63, 3.8) is 0 Å². The fourth-order valence-corrected chi connectivity index (χ4v) is 3.01. The molecule has 0 bridgehead atoms. The van der Waals surface area contributed by atoms with Crippen LogP contribution < -0.4 is 0 Å². The Morgan fingerprint density at radius 1 is 1.36 bits per heavy atom. The van der Waals surface area contributed by atoms with Crippen molar-refractivity contribution in [3.05, 3.63) is 60.1 Å². The Labute approximate surface area is 144 Å². The number of ether oxygens (including phenoxy) is 1. The molecule has 1 atom stereocenters. The predicted molar refractivity (Wildman–Crippen MR) is 89.3 cm³/mol. The first-order valence-corrected chi connectivity index (χ1v) is 8.07. The summed E-state index contributed by atoms with van der Waals surface area (Å²) in [4.78, 5) is 23.2. The van der Waals surface area contributed by atoms with E-state index in [1.165, 1.54) is 0 Å². The molecule has 0 spiro atoms. The summed E-state index contributed by atoms with van der Waals surface area (Å²) in [5.74, 6) is 0.656. The zero-order valence-corrected chi connectivity index (χ0v) is 13.8. The molecule has 128 valence electrons. The van der Waals surface area contributed by atoms with Crippen LogP contribution in [0.5, 0.6) is 0 Å². The highest BCUT2D eigenvalue weighted by Gasteiger charge is 2.31. The van der Waals surface area contributed by atoms with E-state index < -0.39 is 0 Å². The van der Waals surface area contributed by atoms with Crippen molar-refractivity contribution < 1.29 is 9.53 Å². The van der Waals surface area contributed by atoms with E-state index in [1.54, 1.807) is 35.6 Å². The number of aryl methyl sites for hydroxylation is 1. The summed E-state index contributed by atoms with van der Waals surface area (Å²) in [6.07, 6.45) is 8.52. The van der Waals surface area contributed by atoms with E-state index >= 15 is 0 Å². The van der Waals surface area contributed by atoms with Crippen molar-refractivity contribution in [2.45, 2.75) is 13.0 Å². The van der Waals surface area contributed by atoms with Crippen molar-refractivity contribution in [3.8, 4) is 5.82 Å². The fourth-order valence-electron chi connectivity index (χ4n) is 3.01. The highest BCUT2D eigenvalue weighted by Crippen LogP contribution is 2.26. The summed E-state index contributed by atoms with van der Waals surface area (Å²) < 4.78 is 7.37. The number of carbonyl (C=O) groups excluding carboxylic acids is 1. The van der Waals surface area contributed by atoms with Crippen LogP contribution in [0.2, 0.25) is 0 Å². The summed E-state index contributed by atoms with van der Waals surface area (Å²) in [5, 5.41) is 7.05. The average Bonchev–Trinajstić information content (AvgIpc) is 3.33. The topological polar surface area (TPSA) is 88.9 Å². The minimum atomic E-state index is -0.169. The Morgan fingerprint density at radius 3 is 2.96 bits per heavy atom. The number of aromatic amines is 1. The molecule has 1 fully saturated rings. The van der Waals surface area contributed by atoms with Gasteiger partial charge in [-0.15, -0.1) is 0 Å². The third-order valence-corrected chi connectivity index (χ3v) is 4.35. The summed E-state index contributed by atoms with van der Waals surface area (Å²) in [5.41, 5.74) is 2.48. The first-order chi connectivity index (χ1) is 12.2. The van der Waals surface area contributed by atoms with Crippen LogP contribution in [0.3, 0.4) is 0 Å². The number of nitrogens with one attached hydrogen (secondary N) is 1. The minimum absolute atomic E-state index is 0.0630. The van der Waals surface area contributed by atoms with Crippen LogP contribution in [0.25, 0.3) is 5.82 Å². The number of imidazole rings is 1. The van der Waals surface area contributed by atoms with Gasteiger partial charge in [0.2, 0.25) is 0 Å². The Kier molecular flexibility index (Phi) is 4.02. The van der Waals surface area contributed by atoms with Crippen LogP contribution in [-0.4, -0.2) is 55.3 Å². The van der Waals surface area contributed by atoms with Crippen molar-refractivity contribution in [1.29, 1.82) is 0 Å². The molecule has 3 aromatic rings. The summed E-state index contributed by atoms with van der Waals surface area (Å²) in [6.45, 7) is 3.48. The second kappa shape index (κ2) is 6.48. The largest absolute Gasteiger partial charge is 0.377 e. The van der Waals surface area contributed by atoms with Gasteiger partial charge in [0.1, 0.15) is 12.1 Å². The number of hydrogen-bond donors (Lipinski definition) is 1. The maximum absolute atomic E-state index is 13.0. The molecule has 8 nitrogen and oxygen atoms in total. The zero-order chi connectivity index (χ0) is 17.2. The molecule has 0 aliphatic carbocycles. The normalized spacial score (nSPS) is 17.6. The van der Waals surface area contributed by atoms with Gasteiger partial charge < -0.3 is 9.64 Å². The van der Waals surface area contributed by atoms with E-state index in [-0.39, 0.29) is 11.9 Å². The van der Waals surface area contributed by atoms with Gasteiger partial charge in [-0.05, 0) is 24.6 Å². The number of pyridine rings is 1. The number of carbonyl (C=O) groups is 1. The first-order valence-electron chi connectivity index (χ1n) is 8.07. The van der Waals surface area contributed by atoms with Crippen LogP contribution in [0.15, 0.2) is 43.2 Å². The molecule has 4 heterocycles. The van der Waals surface area contributed by atoms with Crippen LogP contribution in [0, 0.1) is 6.92 Å². The third kappa shape index (κ3) is 2.91. The Balaban J connectivity index is 1.59. The fraction of sp³-hybridized carbons (Fsp3) is 0.294. The standard InChI is InChI=1S/C17H18N6O2/c1-12-8-20-21-16(12)14-10-25-7-6-23(14)17(24)13-2-3-15(19-9-13)22-5-4-18-11-22/h2-5,8-9,11,14H,6-7,10H2,1H3,(H,20,21)/t14-/m0/s1. The second-order valence-electron chi connectivity index (χ2n) is 5.93. The quantitative estimate of drug-likeness (QED) is 0.782. The van der Waals surface area contributed by atoms with Gasteiger partial charge in [-0.2, -0.15) is 5.10 Å². The Morgan fingerprint density at radius 2 is 2.28 bits per heavy atom. The van der Waals surface area contributed by atoms with Crippen molar-refractivity contribution in [2.24, 2.45) is 0 Å². The van der Waals surface area contributed by atoms with Crippen molar-refractivity contribution in [1.82, 2.24) is 29.6 Å². The number of morpholine rings is 1. The highest BCUT2D eigenvalue weighted by molar-refractivity contribution is 5.94. The number of H-pyrrole nitrogens is 1. The number of rotatable bonds is 3. The van der Waals surface area contributed by atoms with Crippen molar-refractivity contribution >= 4 is 5.91 Å². The molecular weight excluding hydrogens is 320 g/mol. The van der Waals surface area contributed by atoms with Crippen LogP contribution in [0.1, 0.15) is 27.7 Å². The van der Waals surface area contributed by atoms with E-state index in [0.29, 0.717) is 25.3 Å². The van der Waals surface area contributed by atoms with Crippen LogP contribution >= 0.6 is 0 Å². The van der Waals surface area contributed by atoms with E-state index in [1.807, 2.05) is 24.1 Å². The Hall–Kier alpha value is -3.00. The van der Waals surface area contributed by atoms with Gasteiger partial charge in [-0.1, -0.05) is 0 Å². The lowest BCUT2D eigenvalue weighted by molar-refractivity contribution is -0.00409. The molecule has 25 heavy (non-hydrogen) atoms. The average molecular weight is 338 g/mol. The van der Waals surface area contributed by atoms with Crippen LogP contribution in [0.4, 0.5) is 0 Å². The maximum atomic E-state index is 13.0. The maximum Gasteiger partial charge on any atom is 0.256 e. The van der Waals surface area contributed by atoms with Gasteiger partial charge in [-0.3, -0.25) is 14.5 Å². The molecule has 0 radical (unpaired) electrons. The second-order valence-corrected chi connectivity index (χ2v) is 5.93. The SMILES string of the molecule is Cc1cn[nH]c1[C@@H]1COCCN1C(=O)c1ccc(-n2ccnc2)nc1. The molecule has 0 saturated carbocycles. The number of nitrogens with zero attached hydrogens (tertiary/aromatic N) is 5. The van der Waals surface area contributed by atoms with Gasteiger partial charge in [0, 0.05) is 25.1 Å². The summed E-state index contributed by atoms with van der Waals surface area (Å²) in [6, 6.07) is 3.43. The lowest BCUT2D eigenvalue weighted by Crippen LogP contribution is -2.43. The molecule has 1 saturated heterocycles. The summed E-state index contributed by atoms with van der Waals surface area (Å²) >= 11 is 0. The lowest BCUT2D eigenvalue weighted by atomic mass is 10.1. The molecule has 3 aromatic heterocycles. The van der Waals surface area contributed by atoms with E-state index in [4.69, 9.17) is 4.74 Å². The smallest absolute Gasteiger partial charge is 0.256 e. The van der Waals surface area contributed by atoms with Crippen LogP contribution in [-0.2, 0) is 4.74 Å². The first kappa shape index (κ1) is 15.5. The molecule has 1 aliphatic heterocycles. The lowest BCUT2D eigenvalue weighted by Gasteiger charge is -2.35. The van der Waals surface area contributed by atoms with E-state index in [0.717, 1.165) is 17.1 Å². The van der Waals surface area contributed by atoms with Crippen molar-refractivity contribution in [2.75, 3.05) is 19.8 Å². The van der Waals surface area contributed by atoms with Gasteiger partial charge in [0.15, 0.2) is 0 Å². The number of amides is 1. The molecule has 4 rings (SSSR count). The molecule has 1 amide bonds. The zero-order valence-electron chi connectivity index (χ0n) is 13.8. The molecular formula is C17H18N6O2. The molecule has 1 N–H and O–H groups in total. The molecule has 0 aromatic carbocycles. The minimum Gasteiger partial charge on any atom is -0.377 e. The van der Waals surface area contributed by atoms with Gasteiger partial charge >= 0.3 is 0 Å². The number of hydrogen-bond acceptors (Lipinski definition) is 5. The molecule has 8 heteroatoms. The molecule has 0 unspecified atom stereocenters. The van der Waals surface area contributed by atoms with Gasteiger partial charge in [0.25, 0.3) is 5.91 Å². The summed E-state index contributed by atoms with van der Waals surface area (Å²) in [7, 11) is 0.